The molecule has 0 aliphatic heterocycles. The molecule has 0 aromatic heterocycles. The van der Waals surface area contributed by atoms with Crippen molar-refractivity contribution in [2.75, 3.05) is 26.5 Å². The van der Waals surface area contributed by atoms with Gasteiger partial charge in [0, 0.05) is 0 Å². The predicted octanol–water partition coefficient (Wildman–Crippen LogP) is 2.22. The van der Waals surface area contributed by atoms with Crippen molar-refractivity contribution in [2.45, 2.75) is 0 Å². The molecular weight excluding hydrogens is 198 g/mol. The van der Waals surface area contributed by atoms with Gasteiger partial charge in [-0.3, -0.25) is 4.99 Å². The third-order valence-electron chi connectivity index (χ3n) is 1.33. The van der Waals surface area contributed by atoms with Gasteiger partial charge < -0.3 is 9.47 Å². The number of methoxy groups -OCH3 is 1. The quantitative estimate of drug-likeness (QED) is 0.223. The molecule has 4 heteroatoms. The van der Waals surface area contributed by atoms with Crippen molar-refractivity contribution >= 4 is 16.8 Å². The van der Waals surface area contributed by atoms with Crippen LogP contribution in [0, 0.1) is 0 Å². The fourth-order valence-electron chi connectivity index (χ4n) is 0.747. The Morgan fingerprint density at radius 3 is 2.79 bits per heavy atom. The Balaban J connectivity index is 4.24. The van der Waals surface area contributed by atoms with E-state index in [4.69, 9.17) is 9.47 Å². The second-order valence-electron chi connectivity index (χ2n) is 2.14. The highest BCUT2D eigenvalue weighted by molar-refractivity contribution is 8.13. The average Bonchev–Trinajstić information content (AvgIpc) is 2.23. The van der Waals surface area contributed by atoms with Crippen LogP contribution in [-0.2, 0) is 9.47 Å². The minimum Gasteiger partial charge on any atom is -0.500 e. The summed E-state index contributed by atoms with van der Waals surface area (Å²) in [6.07, 6.45) is 3.32. The number of nitrogens with zero attached hydrogens (tertiary/aromatic N) is 1. The van der Waals surface area contributed by atoms with Crippen molar-refractivity contribution in [3.05, 3.63) is 30.9 Å². The van der Waals surface area contributed by atoms with Crippen LogP contribution in [-0.4, -0.2) is 31.6 Å². The fraction of sp³-hybridized carbons (Fsp3) is 0.400. The number of rotatable bonds is 6. The molecule has 0 aliphatic carbocycles. The summed E-state index contributed by atoms with van der Waals surface area (Å²) in [5.74, 6) is 0.566. The van der Waals surface area contributed by atoms with E-state index in [2.05, 4.69) is 23.9 Å². The third kappa shape index (κ3) is 4.80. The van der Waals surface area contributed by atoms with E-state index in [1.807, 2.05) is 6.26 Å². The number of hydrogen-bond acceptors (Lipinski definition) is 4. The summed E-state index contributed by atoms with van der Waals surface area (Å²) in [4.78, 5) is 4.26. The highest BCUT2D eigenvalue weighted by Gasteiger charge is 2.03. The molecule has 0 spiro atoms. The summed E-state index contributed by atoms with van der Waals surface area (Å²) in [5, 5.41) is 0.773. The first-order valence-corrected chi connectivity index (χ1v) is 5.28. The maximum absolute atomic E-state index is 5.04. The van der Waals surface area contributed by atoms with Crippen molar-refractivity contribution in [1.29, 1.82) is 0 Å². The van der Waals surface area contributed by atoms with Crippen LogP contribution >= 0.6 is 11.8 Å². The Labute approximate surface area is 89.2 Å². The molecule has 0 saturated heterocycles. The smallest absolute Gasteiger partial charge is 0.193 e. The van der Waals surface area contributed by atoms with Gasteiger partial charge in [0.1, 0.15) is 11.7 Å². The van der Waals surface area contributed by atoms with E-state index in [1.165, 1.54) is 18.0 Å². The van der Waals surface area contributed by atoms with Gasteiger partial charge in [0.15, 0.2) is 5.76 Å². The first-order chi connectivity index (χ1) is 6.79. The summed E-state index contributed by atoms with van der Waals surface area (Å²) in [5.41, 5.74) is 2.68. The molecule has 0 atom stereocenters. The normalized spacial score (nSPS) is 10.3. The minimum atomic E-state index is 0.516. The molecule has 14 heavy (non-hydrogen) atoms. The number of ether oxygens (including phenoxy) is 2. The highest BCUT2D eigenvalue weighted by Crippen LogP contribution is 2.08. The fourth-order valence-corrected chi connectivity index (χ4v) is 1.31. The first kappa shape index (κ1) is 12.9. The van der Waals surface area contributed by atoms with Gasteiger partial charge in [-0.2, -0.15) is 0 Å². The van der Waals surface area contributed by atoms with E-state index in [1.54, 1.807) is 7.11 Å². The van der Waals surface area contributed by atoms with E-state index in [-0.39, 0.29) is 0 Å². The maximum Gasteiger partial charge on any atom is 0.193 e. The van der Waals surface area contributed by atoms with Crippen molar-refractivity contribution < 1.29 is 9.47 Å². The van der Waals surface area contributed by atoms with Gasteiger partial charge in [-0.15, -0.1) is 11.8 Å². The van der Waals surface area contributed by atoms with Crippen LogP contribution in [0.4, 0.5) is 0 Å². The molecule has 0 heterocycles. The molecule has 0 N–H and O–H groups in total. The van der Waals surface area contributed by atoms with E-state index < -0.39 is 0 Å². The first-order valence-electron chi connectivity index (χ1n) is 4.05. The zero-order chi connectivity index (χ0) is 10.8. The SMILES string of the molecule is C=C=C(OC)C(=NCCOC=C)SC. The summed E-state index contributed by atoms with van der Waals surface area (Å²) in [7, 11) is 1.57. The van der Waals surface area contributed by atoms with E-state index in [0.29, 0.717) is 18.9 Å². The van der Waals surface area contributed by atoms with Gasteiger partial charge in [0.25, 0.3) is 0 Å². The summed E-state index contributed by atoms with van der Waals surface area (Å²) >= 11 is 1.49. The summed E-state index contributed by atoms with van der Waals surface area (Å²) in [6, 6.07) is 0. The van der Waals surface area contributed by atoms with Gasteiger partial charge in [0.05, 0.1) is 19.9 Å². The van der Waals surface area contributed by atoms with Crippen LogP contribution in [0.2, 0.25) is 0 Å². The molecule has 0 aromatic carbocycles. The molecule has 0 saturated carbocycles. The van der Waals surface area contributed by atoms with Crippen LogP contribution in [0.25, 0.3) is 0 Å². The molecule has 0 bridgehead atoms. The Morgan fingerprint density at radius 1 is 1.64 bits per heavy atom. The van der Waals surface area contributed by atoms with Gasteiger partial charge in [-0.1, -0.05) is 18.9 Å². The van der Waals surface area contributed by atoms with E-state index >= 15 is 0 Å². The number of thioether (sulfide) groups is 1. The van der Waals surface area contributed by atoms with E-state index in [9.17, 15) is 0 Å². The third-order valence-corrected chi connectivity index (χ3v) is 2.04. The molecule has 0 fully saturated rings. The van der Waals surface area contributed by atoms with Crippen LogP contribution < -0.4 is 0 Å². The van der Waals surface area contributed by atoms with Crippen LogP contribution in [0.5, 0.6) is 0 Å². The molecule has 0 aromatic rings. The van der Waals surface area contributed by atoms with Gasteiger partial charge in [-0.25, -0.2) is 0 Å². The zero-order valence-corrected chi connectivity index (χ0v) is 9.39. The zero-order valence-electron chi connectivity index (χ0n) is 8.58. The highest BCUT2D eigenvalue weighted by atomic mass is 32.2. The molecule has 0 radical (unpaired) electrons. The Bertz CT molecular complexity index is 255. The molecule has 78 valence electrons. The number of hydrogen-bond donors (Lipinski definition) is 0. The molecular formula is C10H15NO2S. The van der Waals surface area contributed by atoms with Crippen LogP contribution in [0.1, 0.15) is 0 Å². The Hall–Kier alpha value is -1.12. The van der Waals surface area contributed by atoms with Crippen molar-refractivity contribution in [1.82, 2.24) is 0 Å². The standard InChI is InChI=1S/C10H15NO2S/c1-5-9(12-3)10(14-4)11-7-8-13-6-2/h6H,1-2,7-8H2,3-4H3. The Morgan fingerprint density at radius 2 is 2.36 bits per heavy atom. The largest absolute Gasteiger partial charge is 0.500 e. The van der Waals surface area contributed by atoms with Gasteiger partial charge >= 0.3 is 0 Å². The molecule has 0 unspecified atom stereocenters. The van der Waals surface area contributed by atoms with Gasteiger partial charge in [0.2, 0.25) is 0 Å². The van der Waals surface area contributed by atoms with Crippen LogP contribution in [0.3, 0.4) is 0 Å². The molecule has 3 nitrogen and oxygen atoms in total. The molecule has 0 amide bonds. The minimum absolute atomic E-state index is 0.516. The lowest BCUT2D eigenvalue weighted by molar-refractivity contribution is 0.261. The van der Waals surface area contributed by atoms with Crippen LogP contribution in [0.15, 0.2) is 35.9 Å². The predicted molar refractivity (Wildman–Crippen MR) is 61.6 cm³/mol. The monoisotopic (exact) mass is 213 g/mol. The van der Waals surface area contributed by atoms with E-state index in [0.717, 1.165) is 5.04 Å². The Kier molecular flexibility index (Phi) is 7.80. The maximum atomic E-state index is 5.04. The lowest BCUT2D eigenvalue weighted by Gasteiger charge is -2.04. The second-order valence-corrected chi connectivity index (χ2v) is 2.93. The second kappa shape index (κ2) is 8.48. The summed E-state index contributed by atoms with van der Waals surface area (Å²) < 4.78 is 9.98. The van der Waals surface area contributed by atoms with Crippen molar-refractivity contribution in [3.8, 4) is 0 Å². The van der Waals surface area contributed by atoms with Crippen molar-refractivity contribution in [3.63, 3.8) is 0 Å². The summed E-state index contributed by atoms with van der Waals surface area (Å²) in [6.45, 7) is 8.04. The number of aliphatic imine (C=N–C) groups is 1. The molecule has 0 aliphatic rings. The lowest BCUT2D eigenvalue weighted by atomic mass is 10.5. The topological polar surface area (TPSA) is 30.8 Å². The lowest BCUT2D eigenvalue weighted by Crippen LogP contribution is -2.02. The average molecular weight is 213 g/mol. The van der Waals surface area contributed by atoms with Crippen molar-refractivity contribution in [2.24, 2.45) is 4.99 Å². The molecule has 0 rings (SSSR count). The van der Waals surface area contributed by atoms with Gasteiger partial charge in [-0.05, 0) is 6.26 Å².